The topological polar surface area (TPSA) is 60.7 Å². The molecule has 0 radical (unpaired) electrons. The zero-order chi connectivity index (χ0) is 19.3. The Balaban J connectivity index is 0.000000948. The van der Waals surface area contributed by atoms with Gasteiger partial charge in [-0.15, -0.1) is 0 Å². The number of aliphatic hydroxyl groups is 3. The standard InChI is InChI=1S/C21H36O3.C2H6/c1-19-10-8-14(22)12-13(19)4-5-15-16-6-7-18(21(3,23)24)20(16,2)11-9-17(15)19;1-2/h13-18,22-24H,4-12H2,1-3H3;1-2H3/t13-,14?,15?,16?,17?,18?,19?,20-;/m0./s1. The van der Waals surface area contributed by atoms with E-state index in [0.717, 1.165) is 37.5 Å². The largest absolute Gasteiger partial charge is 0.393 e. The van der Waals surface area contributed by atoms with Crippen LogP contribution >= 0.6 is 0 Å². The average Bonchev–Trinajstić information content (AvgIpc) is 2.95. The second-order valence-corrected chi connectivity index (χ2v) is 10.4. The first kappa shape index (κ1) is 20.6. The van der Waals surface area contributed by atoms with E-state index >= 15 is 0 Å². The summed E-state index contributed by atoms with van der Waals surface area (Å²) in [5.41, 5.74) is 0.500. The average molecular weight is 367 g/mol. The Bertz CT molecular complexity index is 498. The van der Waals surface area contributed by atoms with Gasteiger partial charge in [0.05, 0.1) is 6.10 Å². The van der Waals surface area contributed by atoms with Crippen molar-refractivity contribution in [3.05, 3.63) is 0 Å². The number of aliphatic hydroxyl groups excluding tert-OH is 1. The van der Waals surface area contributed by atoms with Crippen molar-refractivity contribution in [2.24, 2.45) is 40.4 Å². The second-order valence-electron chi connectivity index (χ2n) is 10.4. The van der Waals surface area contributed by atoms with Gasteiger partial charge in [-0.2, -0.15) is 0 Å². The molecular weight excluding hydrogens is 324 g/mol. The summed E-state index contributed by atoms with van der Waals surface area (Å²) < 4.78 is 0. The molecule has 3 heteroatoms. The maximum Gasteiger partial charge on any atom is 0.163 e. The van der Waals surface area contributed by atoms with E-state index in [-0.39, 0.29) is 17.4 Å². The molecule has 0 aromatic rings. The van der Waals surface area contributed by atoms with Crippen LogP contribution < -0.4 is 0 Å². The lowest BCUT2D eigenvalue weighted by atomic mass is 9.44. The number of hydrogen-bond donors (Lipinski definition) is 3. The van der Waals surface area contributed by atoms with E-state index in [2.05, 4.69) is 13.8 Å². The van der Waals surface area contributed by atoms with Crippen molar-refractivity contribution in [2.75, 3.05) is 0 Å². The van der Waals surface area contributed by atoms with Crippen molar-refractivity contribution >= 4 is 0 Å². The van der Waals surface area contributed by atoms with Crippen LogP contribution in [0.15, 0.2) is 0 Å². The second kappa shape index (κ2) is 7.04. The maximum atomic E-state index is 10.3. The van der Waals surface area contributed by atoms with E-state index in [9.17, 15) is 15.3 Å². The molecule has 26 heavy (non-hydrogen) atoms. The van der Waals surface area contributed by atoms with Crippen molar-refractivity contribution in [3.8, 4) is 0 Å². The van der Waals surface area contributed by atoms with Gasteiger partial charge < -0.3 is 15.3 Å². The van der Waals surface area contributed by atoms with Gasteiger partial charge in [0.15, 0.2) is 5.79 Å². The van der Waals surface area contributed by atoms with Crippen molar-refractivity contribution in [2.45, 2.75) is 104 Å². The Morgan fingerprint density at radius 1 is 0.808 bits per heavy atom. The molecule has 0 bridgehead atoms. The van der Waals surface area contributed by atoms with Crippen molar-refractivity contribution in [1.82, 2.24) is 0 Å². The maximum absolute atomic E-state index is 10.3. The van der Waals surface area contributed by atoms with Crippen molar-refractivity contribution in [3.63, 3.8) is 0 Å². The quantitative estimate of drug-likeness (QED) is 0.588. The zero-order valence-electron chi connectivity index (χ0n) is 17.7. The van der Waals surface area contributed by atoms with Gasteiger partial charge in [0.1, 0.15) is 0 Å². The van der Waals surface area contributed by atoms with Gasteiger partial charge in [-0.25, -0.2) is 0 Å². The Hall–Kier alpha value is -0.120. The van der Waals surface area contributed by atoms with E-state index in [1.54, 1.807) is 6.92 Å². The van der Waals surface area contributed by atoms with E-state index in [1.807, 2.05) is 13.8 Å². The predicted octanol–water partition coefficient (Wildman–Crippen LogP) is 4.73. The Morgan fingerprint density at radius 3 is 2.08 bits per heavy atom. The number of rotatable bonds is 1. The molecule has 4 aliphatic carbocycles. The van der Waals surface area contributed by atoms with Crippen molar-refractivity contribution in [1.29, 1.82) is 0 Å². The lowest BCUT2D eigenvalue weighted by Crippen LogP contribution is -2.55. The van der Waals surface area contributed by atoms with Gasteiger partial charge in [-0.1, -0.05) is 27.7 Å². The van der Waals surface area contributed by atoms with Gasteiger partial charge in [-0.3, -0.25) is 0 Å². The highest BCUT2D eigenvalue weighted by molar-refractivity contribution is 5.10. The van der Waals surface area contributed by atoms with E-state index in [0.29, 0.717) is 17.3 Å². The van der Waals surface area contributed by atoms with Crippen LogP contribution in [0, 0.1) is 40.4 Å². The minimum atomic E-state index is -1.54. The molecule has 0 aromatic heterocycles. The van der Waals surface area contributed by atoms with Crippen LogP contribution in [0.2, 0.25) is 0 Å². The third-order valence-electron chi connectivity index (χ3n) is 9.30. The summed E-state index contributed by atoms with van der Waals surface area (Å²) in [5, 5.41) is 30.7. The zero-order valence-corrected chi connectivity index (χ0v) is 17.7. The molecule has 0 spiro atoms. The fourth-order valence-electron chi connectivity index (χ4n) is 8.13. The van der Waals surface area contributed by atoms with Crippen molar-refractivity contribution < 1.29 is 15.3 Å². The Morgan fingerprint density at radius 2 is 1.42 bits per heavy atom. The fourth-order valence-corrected chi connectivity index (χ4v) is 8.13. The van der Waals surface area contributed by atoms with Crippen LogP contribution in [0.25, 0.3) is 0 Å². The molecule has 6 unspecified atom stereocenters. The molecule has 4 aliphatic rings. The lowest BCUT2D eigenvalue weighted by molar-refractivity contribution is -0.222. The third-order valence-corrected chi connectivity index (χ3v) is 9.30. The predicted molar refractivity (Wildman–Crippen MR) is 105 cm³/mol. The first-order valence-corrected chi connectivity index (χ1v) is 11.3. The number of hydrogen-bond acceptors (Lipinski definition) is 3. The number of fused-ring (bicyclic) bond motifs is 5. The monoisotopic (exact) mass is 366 g/mol. The molecule has 0 saturated heterocycles. The molecule has 3 nitrogen and oxygen atoms in total. The Kier molecular flexibility index (Phi) is 5.58. The molecule has 8 atom stereocenters. The first-order valence-electron chi connectivity index (χ1n) is 11.3. The van der Waals surface area contributed by atoms with Gasteiger partial charge in [0.25, 0.3) is 0 Å². The van der Waals surface area contributed by atoms with Crippen LogP contribution in [0.3, 0.4) is 0 Å². The summed E-state index contributed by atoms with van der Waals surface area (Å²) in [6.45, 7) is 10.4. The summed E-state index contributed by atoms with van der Waals surface area (Å²) >= 11 is 0. The van der Waals surface area contributed by atoms with Gasteiger partial charge in [0.2, 0.25) is 0 Å². The van der Waals surface area contributed by atoms with Crippen LogP contribution in [0.4, 0.5) is 0 Å². The Labute approximate surface area is 160 Å². The molecule has 3 N–H and O–H groups in total. The summed E-state index contributed by atoms with van der Waals surface area (Å²) in [4.78, 5) is 0. The van der Waals surface area contributed by atoms with Gasteiger partial charge in [0, 0.05) is 5.92 Å². The molecule has 0 aromatic carbocycles. The molecule has 0 amide bonds. The molecule has 4 saturated carbocycles. The van der Waals surface area contributed by atoms with Gasteiger partial charge in [-0.05, 0) is 99.2 Å². The molecular formula is C23H42O3. The molecule has 4 rings (SSSR count). The smallest absolute Gasteiger partial charge is 0.163 e. The van der Waals surface area contributed by atoms with Gasteiger partial charge >= 0.3 is 0 Å². The summed E-state index contributed by atoms with van der Waals surface area (Å²) in [6.07, 6.45) is 10.2. The summed E-state index contributed by atoms with van der Waals surface area (Å²) in [7, 11) is 0. The fraction of sp³-hybridized carbons (Fsp3) is 1.00. The van der Waals surface area contributed by atoms with Crippen LogP contribution in [0.1, 0.15) is 92.4 Å². The minimum Gasteiger partial charge on any atom is -0.393 e. The molecule has 4 fully saturated rings. The lowest BCUT2D eigenvalue weighted by Gasteiger charge is -2.61. The molecule has 0 aliphatic heterocycles. The third kappa shape index (κ3) is 3.06. The van der Waals surface area contributed by atoms with E-state index in [4.69, 9.17) is 0 Å². The van der Waals surface area contributed by atoms with Crippen LogP contribution in [-0.4, -0.2) is 27.2 Å². The highest BCUT2D eigenvalue weighted by atomic mass is 16.5. The molecule has 0 heterocycles. The highest BCUT2D eigenvalue weighted by Gasteiger charge is 2.62. The SMILES string of the molecule is CC.CC(O)(O)C1CCC2C3CC[C@H]4CC(O)CCC4(C)C3CC[C@@]21C. The van der Waals surface area contributed by atoms with Crippen LogP contribution in [0.5, 0.6) is 0 Å². The normalized spacial score (nSPS) is 50.8. The summed E-state index contributed by atoms with van der Waals surface area (Å²) in [5.74, 6) is 1.38. The van der Waals surface area contributed by atoms with E-state index in [1.165, 1.54) is 32.1 Å². The minimum absolute atomic E-state index is 0.0228. The molecule has 152 valence electrons. The van der Waals surface area contributed by atoms with E-state index < -0.39 is 5.79 Å². The first-order chi connectivity index (χ1) is 12.2. The highest BCUT2D eigenvalue weighted by Crippen LogP contribution is 2.68. The summed E-state index contributed by atoms with van der Waals surface area (Å²) in [6, 6.07) is 0. The van der Waals surface area contributed by atoms with Crippen LogP contribution in [-0.2, 0) is 0 Å².